The molecule has 0 radical (unpaired) electrons. The van der Waals surface area contributed by atoms with Gasteiger partial charge in [0.25, 0.3) is 0 Å². The van der Waals surface area contributed by atoms with E-state index in [4.69, 9.17) is 5.73 Å². The van der Waals surface area contributed by atoms with E-state index in [0.29, 0.717) is 0 Å². The van der Waals surface area contributed by atoms with E-state index in [2.05, 4.69) is 62.4 Å². The van der Waals surface area contributed by atoms with Crippen molar-refractivity contribution >= 4 is 18.5 Å². The summed E-state index contributed by atoms with van der Waals surface area (Å²) in [4.78, 5) is 0. The number of aryl methyl sites for hydroxylation is 2. The predicted octanol–water partition coefficient (Wildman–Crippen LogP) is 2.69. The van der Waals surface area contributed by atoms with E-state index >= 15 is 0 Å². The summed E-state index contributed by atoms with van der Waals surface area (Å²) in [6.07, 6.45) is 1.06. The van der Waals surface area contributed by atoms with E-state index < -0.39 is 0 Å². The van der Waals surface area contributed by atoms with E-state index in [-0.39, 0.29) is 7.92 Å². The lowest BCUT2D eigenvalue weighted by molar-refractivity contribution is 1.15. The van der Waals surface area contributed by atoms with Gasteiger partial charge in [0.2, 0.25) is 0 Å². The van der Waals surface area contributed by atoms with Crippen molar-refractivity contribution in [2.24, 2.45) is 5.73 Å². The molecule has 0 aliphatic rings. The summed E-state index contributed by atoms with van der Waals surface area (Å²) in [6.45, 7) is 5.00. The van der Waals surface area contributed by atoms with Crippen LogP contribution in [0.25, 0.3) is 0 Å². The van der Waals surface area contributed by atoms with Gasteiger partial charge in [-0.05, 0) is 45.1 Å². The van der Waals surface area contributed by atoms with Gasteiger partial charge in [-0.1, -0.05) is 59.7 Å². The lowest BCUT2D eigenvalue weighted by Gasteiger charge is -2.18. The van der Waals surface area contributed by atoms with Gasteiger partial charge in [0, 0.05) is 0 Å². The van der Waals surface area contributed by atoms with Gasteiger partial charge >= 0.3 is 0 Å². The summed E-state index contributed by atoms with van der Waals surface area (Å²) in [5.74, 6) is 0. The molecule has 0 amide bonds. The Bertz CT molecular complexity index is 442. The number of rotatable bonds is 4. The molecular weight excluding hydrogens is 237 g/mol. The van der Waals surface area contributed by atoms with Crippen molar-refractivity contribution in [1.82, 2.24) is 0 Å². The lowest BCUT2D eigenvalue weighted by Crippen LogP contribution is -2.18. The first kappa shape index (κ1) is 13.3. The smallest absolute Gasteiger partial charge is 0.00318 e. The molecule has 0 saturated carbocycles. The Balaban J connectivity index is 2.33. The largest absolute Gasteiger partial charge is 0.330 e. The molecule has 0 aromatic heterocycles. The SMILES string of the molecule is Cc1ccc(P(CCN)c2ccc(C)cc2)cc1. The summed E-state index contributed by atoms with van der Waals surface area (Å²) in [7, 11) is -0.301. The Morgan fingerprint density at radius 3 is 1.50 bits per heavy atom. The normalized spacial score (nSPS) is 10.9. The van der Waals surface area contributed by atoms with Crippen LogP contribution in [0.5, 0.6) is 0 Å². The fraction of sp³-hybridized carbons (Fsp3) is 0.250. The van der Waals surface area contributed by atoms with E-state index in [1.165, 1.54) is 21.7 Å². The van der Waals surface area contributed by atoms with Crippen molar-refractivity contribution in [2.45, 2.75) is 13.8 Å². The molecule has 0 fully saturated rings. The van der Waals surface area contributed by atoms with Crippen LogP contribution in [0, 0.1) is 13.8 Å². The highest BCUT2D eigenvalue weighted by Crippen LogP contribution is 2.32. The molecule has 0 aliphatic carbocycles. The van der Waals surface area contributed by atoms with Crippen molar-refractivity contribution in [3.8, 4) is 0 Å². The zero-order valence-electron chi connectivity index (χ0n) is 11.1. The Morgan fingerprint density at radius 2 is 1.17 bits per heavy atom. The van der Waals surface area contributed by atoms with Crippen LogP contribution >= 0.6 is 7.92 Å². The zero-order chi connectivity index (χ0) is 13.0. The molecule has 2 aromatic carbocycles. The van der Waals surface area contributed by atoms with Crippen LogP contribution in [-0.4, -0.2) is 12.7 Å². The van der Waals surface area contributed by atoms with E-state index in [9.17, 15) is 0 Å². The van der Waals surface area contributed by atoms with E-state index in [1.807, 2.05) is 0 Å². The third-order valence-electron chi connectivity index (χ3n) is 3.04. The topological polar surface area (TPSA) is 26.0 Å². The highest BCUT2D eigenvalue weighted by molar-refractivity contribution is 7.73. The Morgan fingerprint density at radius 1 is 0.778 bits per heavy atom. The van der Waals surface area contributed by atoms with Crippen molar-refractivity contribution in [1.29, 1.82) is 0 Å². The summed E-state index contributed by atoms with van der Waals surface area (Å²) >= 11 is 0. The maximum atomic E-state index is 5.78. The summed E-state index contributed by atoms with van der Waals surface area (Å²) in [5, 5.41) is 2.84. The average molecular weight is 257 g/mol. The quantitative estimate of drug-likeness (QED) is 0.837. The zero-order valence-corrected chi connectivity index (χ0v) is 12.0. The van der Waals surface area contributed by atoms with Gasteiger partial charge in [0.15, 0.2) is 0 Å². The maximum absolute atomic E-state index is 5.78. The summed E-state index contributed by atoms with van der Waals surface area (Å²) in [6, 6.07) is 17.7. The Kier molecular flexibility index (Phi) is 4.52. The molecule has 2 heteroatoms. The third kappa shape index (κ3) is 3.19. The van der Waals surface area contributed by atoms with E-state index in [0.717, 1.165) is 12.7 Å². The van der Waals surface area contributed by atoms with Crippen LogP contribution < -0.4 is 16.3 Å². The van der Waals surface area contributed by atoms with Gasteiger partial charge in [0.05, 0.1) is 0 Å². The van der Waals surface area contributed by atoms with Gasteiger partial charge in [-0.25, -0.2) is 0 Å². The molecule has 0 atom stereocenters. The Hall–Kier alpha value is -1.17. The van der Waals surface area contributed by atoms with Crippen LogP contribution in [0.15, 0.2) is 48.5 Å². The maximum Gasteiger partial charge on any atom is -0.00318 e. The van der Waals surface area contributed by atoms with Gasteiger partial charge in [-0.15, -0.1) is 0 Å². The van der Waals surface area contributed by atoms with Crippen molar-refractivity contribution in [3.05, 3.63) is 59.7 Å². The van der Waals surface area contributed by atoms with Crippen molar-refractivity contribution in [2.75, 3.05) is 12.7 Å². The minimum atomic E-state index is -0.301. The number of hydrogen-bond acceptors (Lipinski definition) is 1. The van der Waals surface area contributed by atoms with Gasteiger partial charge in [0.1, 0.15) is 0 Å². The van der Waals surface area contributed by atoms with Crippen LogP contribution in [0.3, 0.4) is 0 Å². The van der Waals surface area contributed by atoms with Crippen LogP contribution in [0.2, 0.25) is 0 Å². The standard InChI is InChI=1S/C16H20NP/c1-13-3-7-15(8-4-13)18(12-11-17)16-9-5-14(2)6-10-16/h3-10H,11-12,17H2,1-2H3. The third-order valence-corrected chi connectivity index (χ3v) is 5.59. The number of hydrogen-bond donors (Lipinski definition) is 1. The summed E-state index contributed by atoms with van der Waals surface area (Å²) < 4.78 is 0. The molecule has 1 nitrogen and oxygen atoms in total. The molecule has 0 heterocycles. The molecule has 2 rings (SSSR count). The van der Waals surface area contributed by atoms with Crippen molar-refractivity contribution < 1.29 is 0 Å². The summed E-state index contributed by atoms with van der Waals surface area (Å²) in [5.41, 5.74) is 8.40. The second-order valence-corrected chi connectivity index (χ2v) is 6.95. The molecule has 2 aromatic rings. The molecule has 0 aliphatic heterocycles. The monoisotopic (exact) mass is 257 g/mol. The van der Waals surface area contributed by atoms with Crippen LogP contribution in [-0.2, 0) is 0 Å². The number of benzene rings is 2. The first-order valence-corrected chi connectivity index (χ1v) is 7.84. The lowest BCUT2D eigenvalue weighted by atomic mass is 10.2. The molecule has 0 bridgehead atoms. The Labute approximate surface area is 111 Å². The van der Waals surface area contributed by atoms with Crippen LogP contribution in [0.1, 0.15) is 11.1 Å². The minimum Gasteiger partial charge on any atom is -0.330 e. The van der Waals surface area contributed by atoms with E-state index in [1.54, 1.807) is 0 Å². The van der Waals surface area contributed by atoms with Crippen LogP contribution in [0.4, 0.5) is 0 Å². The average Bonchev–Trinajstić information content (AvgIpc) is 2.39. The fourth-order valence-electron chi connectivity index (χ4n) is 1.99. The first-order chi connectivity index (χ1) is 8.70. The molecule has 2 N–H and O–H groups in total. The number of nitrogens with two attached hydrogens (primary N) is 1. The molecule has 0 saturated heterocycles. The molecule has 0 unspecified atom stereocenters. The predicted molar refractivity (Wildman–Crippen MR) is 82.5 cm³/mol. The van der Waals surface area contributed by atoms with Gasteiger partial charge in [-0.2, -0.15) is 0 Å². The van der Waals surface area contributed by atoms with Crippen molar-refractivity contribution in [3.63, 3.8) is 0 Å². The first-order valence-electron chi connectivity index (χ1n) is 6.31. The van der Waals surface area contributed by atoms with Gasteiger partial charge in [-0.3, -0.25) is 0 Å². The van der Waals surface area contributed by atoms with Gasteiger partial charge < -0.3 is 5.73 Å². The molecule has 0 spiro atoms. The molecule has 94 valence electrons. The fourth-order valence-corrected chi connectivity index (χ4v) is 4.08. The highest BCUT2D eigenvalue weighted by Gasteiger charge is 2.12. The molecular formula is C16H20NP. The minimum absolute atomic E-state index is 0.301. The second kappa shape index (κ2) is 6.13. The molecule has 18 heavy (non-hydrogen) atoms. The second-order valence-electron chi connectivity index (χ2n) is 4.61. The highest BCUT2D eigenvalue weighted by atomic mass is 31.1.